The van der Waals surface area contributed by atoms with Crippen LogP contribution in [0.1, 0.15) is 6.92 Å². The van der Waals surface area contributed by atoms with Crippen LogP contribution in [-0.4, -0.2) is 20.9 Å². The lowest BCUT2D eigenvalue weighted by Crippen LogP contribution is -2.23. The van der Waals surface area contributed by atoms with E-state index in [9.17, 15) is 18.0 Å². The Morgan fingerprint density at radius 2 is 1.93 bits per heavy atom. The number of hydrogen-bond acceptors (Lipinski definition) is 5. The Bertz CT molecular complexity index is 1150. The third-order valence-electron chi connectivity index (χ3n) is 3.62. The van der Waals surface area contributed by atoms with E-state index >= 15 is 0 Å². The van der Waals surface area contributed by atoms with Crippen molar-refractivity contribution in [3.63, 3.8) is 0 Å². The Kier molecular flexibility index (Phi) is 6.90. The molecule has 0 saturated carbocycles. The van der Waals surface area contributed by atoms with Gasteiger partial charge in [-0.2, -0.15) is 0 Å². The minimum Gasteiger partial charge on any atom is -0.323 e. The standard InChI is InChI=1S/C17H10Cl2F3N3OS3/c1-7(15(26)23-12-5-4-11(20)13(21)14(12)22)28-16-24-25(17(27)29-16)8-2-3-9(18)10(19)6-8/h2-7H,1H3,(H,23,26). The van der Waals surface area contributed by atoms with Crippen LogP contribution in [0.3, 0.4) is 0 Å². The molecular weight excluding hydrogens is 486 g/mol. The van der Waals surface area contributed by atoms with Gasteiger partial charge in [-0.1, -0.05) is 46.3 Å². The molecule has 0 saturated heterocycles. The van der Waals surface area contributed by atoms with Crippen LogP contribution < -0.4 is 5.32 Å². The van der Waals surface area contributed by atoms with E-state index in [2.05, 4.69) is 10.4 Å². The lowest BCUT2D eigenvalue weighted by atomic mass is 10.2. The number of rotatable bonds is 5. The molecule has 0 spiro atoms. The summed E-state index contributed by atoms with van der Waals surface area (Å²) in [6.07, 6.45) is 0. The first kappa shape index (κ1) is 22.1. The Morgan fingerprint density at radius 3 is 2.62 bits per heavy atom. The summed E-state index contributed by atoms with van der Waals surface area (Å²) in [5, 5.41) is 6.60. The van der Waals surface area contributed by atoms with Gasteiger partial charge in [0.05, 0.1) is 26.7 Å². The fourth-order valence-electron chi connectivity index (χ4n) is 2.15. The van der Waals surface area contributed by atoms with Crippen LogP contribution in [-0.2, 0) is 4.79 Å². The Labute approximate surface area is 186 Å². The van der Waals surface area contributed by atoms with Crippen LogP contribution in [0.25, 0.3) is 5.69 Å². The summed E-state index contributed by atoms with van der Waals surface area (Å²) in [7, 11) is 0. The number of nitrogens with zero attached hydrogens (tertiary/aromatic N) is 2. The summed E-state index contributed by atoms with van der Waals surface area (Å²) in [6.45, 7) is 1.56. The first-order chi connectivity index (χ1) is 13.7. The summed E-state index contributed by atoms with van der Waals surface area (Å²) < 4.78 is 42.4. The van der Waals surface area contributed by atoms with E-state index in [1.165, 1.54) is 16.0 Å². The van der Waals surface area contributed by atoms with Crippen molar-refractivity contribution >= 4 is 70.1 Å². The average molecular weight is 496 g/mol. The van der Waals surface area contributed by atoms with Crippen molar-refractivity contribution in [2.45, 2.75) is 16.5 Å². The van der Waals surface area contributed by atoms with Gasteiger partial charge in [0.1, 0.15) is 0 Å². The molecule has 0 radical (unpaired) electrons. The molecule has 0 bridgehead atoms. The van der Waals surface area contributed by atoms with Crippen molar-refractivity contribution < 1.29 is 18.0 Å². The smallest absolute Gasteiger partial charge is 0.237 e. The number of anilines is 1. The van der Waals surface area contributed by atoms with Gasteiger partial charge in [0.25, 0.3) is 0 Å². The van der Waals surface area contributed by atoms with Gasteiger partial charge < -0.3 is 5.32 Å². The molecular formula is C17H10Cl2F3N3OS3. The number of nitrogens with one attached hydrogen (secondary N) is 1. The predicted octanol–water partition coefficient (Wildman–Crippen LogP) is 6.51. The fourth-order valence-corrected chi connectivity index (χ4v) is 4.95. The first-order valence-corrected chi connectivity index (χ1v) is 10.7. The minimum absolute atomic E-state index is 0.342. The maximum atomic E-state index is 13.7. The van der Waals surface area contributed by atoms with Crippen molar-refractivity contribution in [1.29, 1.82) is 0 Å². The second-order valence-electron chi connectivity index (χ2n) is 5.62. The molecule has 0 aliphatic heterocycles. The molecule has 1 amide bonds. The Morgan fingerprint density at radius 1 is 1.21 bits per heavy atom. The molecule has 3 rings (SSSR count). The molecule has 0 aliphatic rings. The van der Waals surface area contributed by atoms with Crippen molar-refractivity contribution in [3.05, 3.63) is 61.8 Å². The van der Waals surface area contributed by atoms with E-state index in [4.69, 9.17) is 35.4 Å². The highest BCUT2D eigenvalue weighted by Crippen LogP contribution is 2.30. The number of benzene rings is 2. The minimum atomic E-state index is -1.65. The Balaban J connectivity index is 1.75. The van der Waals surface area contributed by atoms with Gasteiger partial charge in [-0.3, -0.25) is 4.79 Å². The van der Waals surface area contributed by atoms with E-state index in [0.717, 1.165) is 23.9 Å². The largest absolute Gasteiger partial charge is 0.323 e. The topological polar surface area (TPSA) is 46.9 Å². The van der Waals surface area contributed by atoms with Crippen LogP contribution in [0.4, 0.5) is 18.9 Å². The van der Waals surface area contributed by atoms with Gasteiger partial charge >= 0.3 is 0 Å². The van der Waals surface area contributed by atoms with E-state index in [1.807, 2.05) is 0 Å². The number of hydrogen-bond donors (Lipinski definition) is 1. The van der Waals surface area contributed by atoms with Gasteiger partial charge in [0.15, 0.2) is 25.7 Å². The van der Waals surface area contributed by atoms with E-state index in [-0.39, 0.29) is 0 Å². The molecule has 29 heavy (non-hydrogen) atoms. The molecule has 1 aromatic heterocycles. The van der Waals surface area contributed by atoms with Crippen LogP contribution in [0, 0.1) is 21.4 Å². The van der Waals surface area contributed by atoms with Crippen LogP contribution >= 0.6 is 58.5 Å². The zero-order chi connectivity index (χ0) is 21.3. The third-order valence-corrected chi connectivity index (χ3v) is 6.77. The molecule has 0 aliphatic carbocycles. The van der Waals surface area contributed by atoms with Crippen molar-refractivity contribution in [2.24, 2.45) is 0 Å². The molecule has 1 N–H and O–H groups in total. The molecule has 1 atom stereocenters. The number of carbonyl (C=O) groups excluding carboxylic acids is 1. The highest BCUT2D eigenvalue weighted by molar-refractivity contribution is 8.02. The number of amides is 1. The number of aromatic nitrogens is 2. The number of carbonyl (C=O) groups is 1. The fraction of sp³-hybridized carbons (Fsp3) is 0.118. The number of halogens is 5. The van der Waals surface area contributed by atoms with E-state index < -0.39 is 34.3 Å². The SMILES string of the molecule is CC(Sc1nn(-c2ccc(Cl)c(Cl)c2)c(=S)s1)C(=O)Nc1ccc(F)c(F)c1F. The highest BCUT2D eigenvalue weighted by atomic mass is 35.5. The van der Waals surface area contributed by atoms with Crippen molar-refractivity contribution in [1.82, 2.24) is 9.78 Å². The van der Waals surface area contributed by atoms with Gasteiger partial charge in [-0.15, -0.1) is 5.10 Å². The van der Waals surface area contributed by atoms with Gasteiger partial charge in [0, 0.05) is 0 Å². The van der Waals surface area contributed by atoms with Gasteiger partial charge in [-0.25, -0.2) is 17.9 Å². The van der Waals surface area contributed by atoms with E-state index in [0.29, 0.717) is 24.0 Å². The molecule has 1 unspecified atom stereocenters. The zero-order valence-corrected chi connectivity index (χ0v) is 18.3. The maximum Gasteiger partial charge on any atom is 0.237 e. The highest BCUT2D eigenvalue weighted by Gasteiger charge is 2.21. The van der Waals surface area contributed by atoms with Crippen molar-refractivity contribution in [3.8, 4) is 5.69 Å². The summed E-state index contributed by atoms with van der Waals surface area (Å²) in [5.41, 5.74) is 0.156. The van der Waals surface area contributed by atoms with E-state index in [1.54, 1.807) is 25.1 Å². The molecule has 2 aromatic carbocycles. The molecule has 3 aromatic rings. The first-order valence-electron chi connectivity index (χ1n) is 7.84. The second-order valence-corrected chi connectivity index (χ2v) is 9.64. The lowest BCUT2D eigenvalue weighted by Gasteiger charge is -2.11. The molecule has 12 heteroatoms. The van der Waals surface area contributed by atoms with Gasteiger partial charge in [-0.05, 0) is 49.5 Å². The predicted molar refractivity (Wildman–Crippen MR) is 113 cm³/mol. The quantitative estimate of drug-likeness (QED) is 0.249. The van der Waals surface area contributed by atoms with Crippen LogP contribution in [0.15, 0.2) is 34.7 Å². The summed E-state index contributed by atoms with van der Waals surface area (Å²) in [5.74, 6) is -5.06. The zero-order valence-electron chi connectivity index (χ0n) is 14.4. The third kappa shape index (κ3) is 4.95. The van der Waals surface area contributed by atoms with Crippen LogP contribution in [0.2, 0.25) is 10.0 Å². The second kappa shape index (κ2) is 9.05. The van der Waals surface area contributed by atoms with Crippen LogP contribution in [0.5, 0.6) is 0 Å². The molecule has 152 valence electrons. The summed E-state index contributed by atoms with van der Waals surface area (Å²) in [6, 6.07) is 6.60. The Hall–Kier alpha value is -1.59. The van der Waals surface area contributed by atoms with Gasteiger partial charge in [0.2, 0.25) is 5.91 Å². The number of thioether (sulfide) groups is 1. The van der Waals surface area contributed by atoms with Crippen molar-refractivity contribution in [2.75, 3.05) is 5.32 Å². The monoisotopic (exact) mass is 495 g/mol. The maximum absolute atomic E-state index is 13.7. The summed E-state index contributed by atoms with van der Waals surface area (Å²) in [4.78, 5) is 12.3. The normalized spacial score (nSPS) is 12.1. The average Bonchev–Trinajstić information content (AvgIpc) is 3.04. The summed E-state index contributed by atoms with van der Waals surface area (Å²) >= 11 is 19.5. The molecule has 4 nitrogen and oxygen atoms in total. The lowest BCUT2D eigenvalue weighted by molar-refractivity contribution is -0.115. The molecule has 1 heterocycles. The molecule has 0 fully saturated rings.